The second-order valence-electron chi connectivity index (χ2n) is 12.1. The van der Waals surface area contributed by atoms with E-state index >= 15 is 0 Å². The van der Waals surface area contributed by atoms with Gasteiger partial charge in [0.2, 0.25) is 5.88 Å². The lowest BCUT2D eigenvalue weighted by Gasteiger charge is -2.12. The molecule has 20 nitrogen and oxygen atoms in total. The predicted octanol–water partition coefficient (Wildman–Crippen LogP) is 9.26. The number of para-hydroxylation sites is 2. The maximum atomic E-state index is 12.4. The predicted molar refractivity (Wildman–Crippen MR) is 207 cm³/mol. The topological polar surface area (TPSA) is 292 Å². The van der Waals surface area contributed by atoms with Crippen LogP contribution >= 0.6 is 12.0 Å². The number of nitrogens with zero attached hydrogens (tertiary/aromatic N) is 9. The van der Waals surface area contributed by atoms with E-state index in [1.54, 1.807) is 62.4 Å². The van der Waals surface area contributed by atoms with Crippen LogP contribution in [-0.2, 0) is 29.6 Å². The number of pyridine rings is 1. The Morgan fingerprint density at radius 2 is 1.53 bits per heavy atom. The average molecular weight is 848 g/mol. The van der Waals surface area contributed by atoms with Crippen molar-refractivity contribution in [1.82, 2.24) is 9.38 Å². The Morgan fingerprint density at radius 3 is 2.24 bits per heavy atom. The number of aromatic nitrogens is 2. The van der Waals surface area contributed by atoms with Crippen LogP contribution in [-0.4, -0.2) is 58.0 Å². The zero-order valence-corrected chi connectivity index (χ0v) is 32.5. The molecule has 0 saturated heterocycles. The fourth-order valence-corrected chi connectivity index (χ4v) is 6.89. The molecule has 0 fully saturated rings. The van der Waals surface area contributed by atoms with Crippen molar-refractivity contribution in [3.8, 4) is 17.7 Å². The van der Waals surface area contributed by atoms with Gasteiger partial charge in [-0.05, 0) is 86.5 Å². The molecule has 0 spiro atoms. The fraction of sp³-hybridized carbons (Fsp3) is 0.143. The average Bonchev–Trinajstić information content (AvgIpc) is 3.57. The van der Waals surface area contributed by atoms with Crippen LogP contribution in [0, 0.1) is 25.2 Å². The van der Waals surface area contributed by atoms with E-state index in [-0.39, 0.29) is 64.3 Å². The first-order valence-electron chi connectivity index (χ1n) is 16.5. The molecule has 298 valence electrons. The Bertz CT molecular complexity index is 2900. The number of fused-ring (bicyclic) bond motifs is 3. The number of nitriles is 1. The van der Waals surface area contributed by atoms with E-state index in [9.17, 15) is 36.3 Å². The highest BCUT2D eigenvalue weighted by Crippen LogP contribution is 2.41. The largest absolute Gasteiger partial charge is 0.493 e. The lowest BCUT2D eigenvalue weighted by atomic mass is 10.1. The highest BCUT2D eigenvalue weighted by Gasteiger charge is 2.21. The number of benzene rings is 4. The molecule has 2 aromatic heterocycles. The molecule has 23 heteroatoms. The lowest BCUT2D eigenvalue weighted by molar-refractivity contribution is -0.432. The van der Waals surface area contributed by atoms with Crippen molar-refractivity contribution in [2.24, 2.45) is 30.7 Å². The number of azo groups is 3. The summed E-state index contributed by atoms with van der Waals surface area (Å²) in [5, 5.41) is 58.1. The number of imidazole rings is 1. The number of aryl methyl sites for hydroxylation is 1. The summed E-state index contributed by atoms with van der Waals surface area (Å²) in [5.41, 5.74) is 2.54. The summed E-state index contributed by atoms with van der Waals surface area (Å²) in [4.78, 5) is 4.44. The van der Waals surface area contributed by atoms with Gasteiger partial charge in [-0.2, -0.15) is 37.4 Å². The molecule has 0 unspecified atom stereocenters. The van der Waals surface area contributed by atoms with Crippen LogP contribution in [0.3, 0.4) is 0 Å². The van der Waals surface area contributed by atoms with E-state index < -0.39 is 30.9 Å². The molecular formula is C35H29N9O11S3. The minimum absolute atomic E-state index is 0.0112. The van der Waals surface area contributed by atoms with Gasteiger partial charge in [0.25, 0.3) is 20.2 Å². The highest BCUT2D eigenvalue weighted by atomic mass is 32.2. The molecule has 4 N–H and O–H groups in total. The van der Waals surface area contributed by atoms with Gasteiger partial charge >= 0.3 is 0 Å². The molecule has 6 rings (SSSR count). The molecule has 4 aromatic carbocycles. The first kappa shape index (κ1) is 41.4. The molecule has 0 radical (unpaired) electrons. The number of rotatable bonds is 15. The van der Waals surface area contributed by atoms with E-state index in [2.05, 4.69) is 51.1 Å². The van der Waals surface area contributed by atoms with Gasteiger partial charge in [-0.3, -0.25) is 13.5 Å². The summed E-state index contributed by atoms with van der Waals surface area (Å²) in [6.07, 6.45) is -0.114. The van der Waals surface area contributed by atoms with Crippen molar-refractivity contribution in [3.63, 3.8) is 0 Å². The zero-order chi connectivity index (χ0) is 41.6. The maximum Gasteiger partial charge on any atom is 0.296 e. The first-order valence-corrected chi connectivity index (χ1v) is 20.3. The van der Waals surface area contributed by atoms with Gasteiger partial charge in [0, 0.05) is 16.5 Å². The molecule has 0 bridgehead atoms. The fourth-order valence-electron chi connectivity index (χ4n) is 5.41. The number of ether oxygens (including phenoxy) is 1. The van der Waals surface area contributed by atoms with Gasteiger partial charge in [0.1, 0.15) is 33.7 Å². The van der Waals surface area contributed by atoms with Gasteiger partial charge in [0.05, 0.1) is 52.5 Å². The summed E-state index contributed by atoms with van der Waals surface area (Å²) in [6.45, 7) is 2.99. The molecule has 2 heterocycles. The summed E-state index contributed by atoms with van der Waals surface area (Å²) in [7, 11) is -9.14. The Hall–Kier alpha value is -6.23. The second kappa shape index (κ2) is 17.5. The normalized spacial score (nSPS) is 12.4. The summed E-state index contributed by atoms with van der Waals surface area (Å²) >= 11 is 0.742. The molecule has 6 aromatic rings. The van der Waals surface area contributed by atoms with Crippen molar-refractivity contribution in [2.45, 2.75) is 30.1 Å². The molecule has 0 aliphatic rings. The van der Waals surface area contributed by atoms with E-state index in [0.717, 1.165) is 18.1 Å². The van der Waals surface area contributed by atoms with Crippen LogP contribution < -0.4 is 4.74 Å². The SMILES string of the molecule is Cc1cc(N=Nc2c(C)c(C#N)c3nc4ccccc4n3c2O)c(OCCCS(=O)(=O)O)cc1N=Nc1ccc(N=Nc2ccc(SOOO)cc2)cc1S(=O)(=O)O. The van der Waals surface area contributed by atoms with Gasteiger partial charge in [-0.1, -0.05) is 17.2 Å². The number of hydrogen-bond acceptors (Lipinski definition) is 18. The summed E-state index contributed by atoms with van der Waals surface area (Å²) < 4.78 is 78.2. The van der Waals surface area contributed by atoms with E-state index in [4.69, 9.17) is 9.99 Å². The molecule has 0 aliphatic heterocycles. The van der Waals surface area contributed by atoms with Crippen LogP contribution in [0.1, 0.15) is 23.1 Å². The van der Waals surface area contributed by atoms with Crippen molar-refractivity contribution in [1.29, 1.82) is 5.26 Å². The van der Waals surface area contributed by atoms with Gasteiger partial charge in [0.15, 0.2) is 11.3 Å². The number of hydrogen-bond donors (Lipinski definition) is 4. The third kappa shape index (κ3) is 9.65. The highest BCUT2D eigenvalue weighted by molar-refractivity contribution is 7.94. The van der Waals surface area contributed by atoms with Crippen molar-refractivity contribution < 1.29 is 50.4 Å². The smallest absolute Gasteiger partial charge is 0.296 e. The Balaban J connectivity index is 1.34. The number of aromatic hydroxyl groups is 1. The standard InChI is InChI=1S/C35H29N9O11S3/c1-20-16-29(42-43-33-21(2)25(19-36)34-37-26-6-3-4-7-30(26)44(34)35(33)45)31(53-14-5-15-57(47,48)49)18-28(20)41-40-27-13-10-23(17-32(27)58(50,51)52)39-38-22-8-11-24(12-9-22)56-55-54-46/h3-4,6-13,16-18,45-46H,5,14-15H2,1-2H3,(H,47,48,49)(H,50,51,52). The monoisotopic (exact) mass is 847 g/mol. The van der Waals surface area contributed by atoms with Crippen LogP contribution in [0.15, 0.2) is 119 Å². The Kier molecular flexibility index (Phi) is 12.5. The molecular weight excluding hydrogens is 819 g/mol. The van der Waals surface area contributed by atoms with Crippen LogP contribution in [0.5, 0.6) is 11.6 Å². The molecule has 58 heavy (non-hydrogen) atoms. The minimum Gasteiger partial charge on any atom is -0.493 e. The van der Waals surface area contributed by atoms with Gasteiger partial charge in [-0.15, -0.1) is 19.7 Å². The second-order valence-corrected chi connectivity index (χ2v) is 15.8. The van der Waals surface area contributed by atoms with E-state index in [1.165, 1.54) is 28.7 Å². The Morgan fingerprint density at radius 1 is 0.845 bits per heavy atom. The van der Waals surface area contributed by atoms with E-state index in [0.29, 0.717) is 32.7 Å². The minimum atomic E-state index is -4.85. The van der Waals surface area contributed by atoms with Crippen LogP contribution in [0.2, 0.25) is 0 Å². The zero-order valence-electron chi connectivity index (χ0n) is 30.0. The van der Waals surface area contributed by atoms with Crippen LogP contribution in [0.4, 0.5) is 34.1 Å². The maximum absolute atomic E-state index is 12.4. The van der Waals surface area contributed by atoms with Crippen molar-refractivity contribution in [3.05, 3.63) is 95.6 Å². The molecule has 0 aliphatic carbocycles. The summed E-state index contributed by atoms with van der Waals surface area (Å²) in [5.74, 6) is -0.920. The first-order chi connectivity index (χ1) is 27.7. The third-order valence-electron chi connectivity index (χ3n) is 8.15. The quantitative estimate of drug-likeness (QED) is 0.0187. The van der Waals surface area contributed by atoms with Crippen molar-refractivity contribution >= 4 is 83.1 Å². The van der Waals surface area contributed by atoms with Crippen molar-refractivity contribution in [2.75, 3.05) is 12.4 Å². The summed E-state index contributed by atoms with van der Waals surface area (Å²) in [6, 6.07) is 22.0. The third-order valence-corrected chi connectivity index (χ3v) is 10.4. The molecule has 0 atom stereocenters. The van der Waals surface area contributed by atoms with Gasteiger partial charge < -0.3 is 9.84 Å². The Labute approximate surface area is 333 Å². The lowest BCUT2D eigenvalue weighted by Crippen LogP contribution is -2.08. The van der Waals surface area contributed by atoms with Gasteiger partial charge in [-0.25, -0.2) is 10.2 Å². The van der Waals surface area contributed by atoms with Crippen LogP contribution in [0.25, 0.3) is 16.7 Å². The molecule has 0 saturated carbocycles. The van der Waals surface area contributed by atoms with E-state index in [1.807, 2.05) is 0 Å². The molecule has 0 amide bonds.